The molecule has 6 nitrogen and oxygen atoms in total. The van der Waals surface area contributed by atoms with E-state index in [0.29, 0.717) is 22.6 Å². The fraction of sp³-hybridized carbons (Fsp3) is 0.240. The third-order valence-corrected chi connectivity index (χ3v) is 5.63. The molecule has 158 valence electrons. The van der Waals surface area contributed by atoms with Crippen LogP contribution in [0, 0.1) is 10.1 Å². The van der Waals surface area contributed by atoms with Gasteiger partial charge in [-0.3, -0.25) is 14.9 Å². The normalized spacial score (nSPS) is 13.4. The van der Waals surface area contributed by atoms with Crippen molar-refractivity contribution in [2.24, 2.45) is 0 Å². The van der Waals surface area contributed by atoms with Gasteiger partial charge in [0.15, 0.2) is 6.10 Å². The highest BCUT2D eigenvalue weighted by molar-refractivity contribution is 5.99. The Balaban J connectivity index is 1.63. The van der Waals surface area contributed by atoms with Crippen molar-refractivity contribution >= 4 is 11.5 Å². The minimum atomic E-state index is -0.738. The summed E-state index contributed by atoms with van der Waals surface area (Å²) in [7, 11) is 1.57. The van der Waals surface area contributed by atoms with Gasteiger partial charge in [0.25, 0.3) is 5.69 Å². The SMILES string of the molecule is COc1ccc(-c2cc([N+](=O)[O-])ccc2O[C@@H](C)C(=O)c2ccc3c(c2)CCC3)cc1. The number of nitro groups is 1. The summed E-state index contributed by atoms with van der Waals surface area (Å²) in [6.07, 6.45) is 2.44. The predicted molar refractivity (Wildman–Crippen MR) is 118 cm³/mol. The molecule has 1 atom stereocenters. The second-order valence-electron chi connectivity index (χ2n) is 7.63. The summed E-state index contributed by atoms with van der Waals surface area (Å²) in [4.78, 5) is 23.9. The van der Waals surface area contributed by atoms with Crippen LogP contribution in [0.1, 0.15) is 34.8 Å². The summed E-state index contributed by atoms with van der Waals surface area (Å²) in [5.41, 5.74) is 4.40. The van der Waals surface area contributed by atoms with Gasteiger partial charge in [-0.2, -0.15) is 0 Å². The Morgan fingerprint density at radius 2 is 1.74 bits per heavy atom. The first-order valence-corrected chi connectivity index (χ1v) is 10.2. The maximum absolute atomic E-state index is 13.0. The summed E-state index contributed by atoms with van der Waals surface area (Å²) >= 11 is 0. The number of methoxy groups -OCH3 is 1. The van der Waals surface area contributed by atoms with E-state index in [1.54, 1.807) is 44.4 Å². The molecule has 3 aromatic rings. The zero-order valence-electron chi connectivity index (χ0n) is 17.5. The van der Waals surface area contributed by atoms with Crippen LogP contribution in [0.25, 0.3) is 11.1 Å². The number of hydrogen-bond acceptors (Lipinski definition) is 5. The van der Waals surface area contributed by atoms with E-state index in [1.165, 1.54) is 23.3 Å². The van der Waals surface area contributed by atoms with Crippen LogP contribution in [0.5, 0.6) is 11.5 Å². The summed E-state index contributed by atoms with van der Waals surface area (Å²) in [6, 6.07) is 17.4. The van der Waals surface area contributed by atoms with Gasteiger partial charge in [0.05, 0.1) is 12.0 Å². The van der Waals surface area contributed by atoms with Gasteiger partial charge in [-0.15, -0.1) is 0 Å². The number of non-ortho nitro benzene ring substituents is 1. The van der Waals surface area contributed by atoms with Gasteiger partial charge in [-0.05, 0) is 67.1 Å². The summed E-state index contributed by atoms with van der Waals surface area (Å²) < 4.78 is 11.2. The minimum absolute atomic E-state index is 0.0456. The van der Waals surface area contributed by atoms with E-state index in [9.17, 15) is 14.9 Å². The Morgan fingerprint density at radius 1 is 1.00 bits per heavy atom. The molecule has 0 aromatic heterocycles. The Labute approximate surface area is 180 Å². The summed E-state index contributed by atoms with van der Waals surface area (Å²) in [5, 5.41) is 11.3. The quantitative estimate of drug-likeness (QED) is 0.292. The molecule has 3 aromatic carbocycles. The molecule has 0 saturated heterocycles. The average Bonchev–Trinajstić information content (AvgIpc) is 3.26. The van der Waals surface area contributed by atoms with Crippen molar-refractivity contribution in [1.82, 2.24) is 0 Å². The predicted octanol–water partition coefficient (Wildman–Crippen LogP) is 5.41. The van der Waals surface area contributed by atoms with E-state index >= 15 is 0 Å². The van der Waals surface area contributed by atoms with Gasteiger partial charge < -0.3 is 9.47 Å². The van der Waals surface area contributed by atoms with Crippen LogP contribution < -0.4 is 9.47 Å². The number of nitrogens with zero attached hydrogens (tertiary/aromatic N) is 1. The topological polar surface area (TPSA) is 78.7 Å². The van der Waals surface area contributed by atoms with E-state index in [-0.39, 0.29) is 11.5 Å². The smallest absolute Gasteiger partial charge is 0.270 e. The first kappa shape index (κ1) is 20.6. The van der Waals surface area contributed by atoms with Gasteiger partial charge >= 0.3 is 0 Å². The zero-order valence-corrected chi connectivity index (χ0v) is 17.5. The van der Waals surface area contributed by atoms with Crippen LogP contribution in [0.3, 0.4) is 0 Å². The molecular formula is C25H23NO5. The number of benzene rings is 3. The number of Topliss-reactive ketones (excluding diaryl/α,β-unsaturated/α-hetero) is 1. The van der Waals surface area contributed by atoms with E-state index in [1.807, 2.05) is 18.2 Å². The molecule has 0 spiro atoms. The lowest BCUT2D eigenvalue weighted by molar-refractivity contribution is -0.384. The van der Waals surface area contributed by atoms with Crippen LogP contribution in [-0.2, 0) is 12.8 Å². The number of ether oxygens (including phenoxy) is 2. The first-order valence-electron chi connectivity index (χ1n) is 10.2. The molecule has 0 saturated carbocycles. The van der Waals surface area contributed by atoms with Crippen molar-refractivity contribution in [2.45, 2.75) is 32.3 Å². The van der Waals surface area contributed by atoms with E-state index in [2.05, 4.69) is 0 Å². The molecule has 1 aliphatic carbocycles. The van der Waals surface area contributed by atoms with E-state index in [4.69, 9.17) is 9.47 Å². The number of carbonyl (C=O) groups is 1. The number of hydrogen-bond donors (Lipinski definition) is 0. The van der Waals surface area contributed by atoms with Gasteiger partial charge in [-0.1, -0.05) is 24.3 Å². The highest BCUT2D eigenvalue weighted by Gasteiger charge is 2.22. The van der Waals surface area contributed by atoms with Crippen LogP contribution >= 0.6 is 0 Å². The van der Waals surface area contributed by atoms with E-state index < -0.39 is 11.0 Å². The largest absolute Gasteiger partial charge is 0.497 e. The Bertz CT molecular complexity index is 1140. The lowest BCUT2D eigenvalue weighted by Crippen LogP contribution is -2.24. The third-order valence-electron chi connectivity index (χ3n) is 5.63. The fourth-order valence-corrected chi connectivity index (χ4v) is 3.93. The number of ketones is 1. The first-order chi connectivity index (χ1) is 15.0. The highest BCUT2D eigenvalue weighted by atomic mass is 16.6. The monoisotopic (exact) mass is 417 g/mol. The Kier molecular flexibility index (Phi) is 5.71. The molecule has 0 unspecified atom stereocenters. The van der Waals surface area contributed by atoms with Crippen molar-refractivity contribution in [3.63, 3.8) is 0 Å². The molecule has 0 N–H and O–H groups in total. The summed E-state index contributed by atoms with van der Waals surface area (Å²) in [5.74, 6) is 0.975. The fourth-order valence-electron chi connectivity index (χ4n) is 3.93. The van der Waals surface area contributed by atoms with Gasteiger partial charge in [-0.25, -0.2) is 0 Å². The van der Waals surface area contributed by atoms with Crippen molar-refractivity contribution in [3.8, 4) is 22.6 Å². The standard InChI is InChI=1S/C25H23NO5/c1-16(25(27)20-7-6-17-4-3-5-19(17)14-20)31-24-13-10-21(26(28)29)15-23(24)18-8-11-22(30-2)12-9-18/h6-16H,3-5H2,1-2H3/t16-/m0/s1. The average molecular weight is 417 g/mol. The molecule has 6 heteroatoms. The van der Waals surface area contributed by atoms with Crippen LogP contribution in [0.4, 0.5) is 5.69 Å². The maximum Gasteiger partial charge on any atom is 0.270 e. The lowest BCUT2D eigenvalue weighted by Gasteiger charge is -2.17. The molecule has 0 fully saturated rings. The molecule has 4 rings (SSSR count). The molecule has 31 heavy (non-hydrogen) atoms. The van der Waals surface area contributed by atoms with Gasteiger partial charge in [0.2, 0.25) is 5.78 Å². The second kappa shape index (κ2) is 8.60. The molecule has 0 heterocycles. The molecule has 0 bridgehead atoms. The van der Waals surface area contributed by atoms with Crippen molar-refractivity contribution < 1.29 is 19.2 Å². The number of rotatable bonds is 7. The van der Waals surface area contributed by atoms with Crippen molar-refractivity contribution in [2.75, 3.05) is 7.11 Å². The number of nitro benzene ring substituents is 1. The Hall–Kier alpha value is -3.67. The molecule has 0 radical (unpaired) electrons. The number of aryl methyl sites for hydroxylation is 2. The van der Waals surface area contributed by atoms with Gasteiger partial charge in [0.1, 0.15) is 11.5 Å². The molecule has 1 aliphatic rings. The van der Waals surface area contributed by atoms with Crippen LogP contribution in [0.15, 0.2) is 60.7 Å². The third kappa shape index (κ3) is 4.28. The van der Waals surface area contributed by atoms with E-state index in [0.717, 1.165) is 24.8 Å². The summed E-state index contributed by atoms with van der Waals surface area (Å²) in [6.45, 7) is 1.70. The maximum atomic E-state index is 13.0. The molecular weight excluding hydrogens is 394 g/mol. The number of carbonyl (C=O) groups excluding carboxylic acids is 1. The lowest BCUT2D eigenvalue weighted by atomic mass is 10.0. The highest BCUT2D eigenvalue weighted by Crippen LogP contribution is 2.35. The molecule has 0 aliphatic heterocycles. The van der Waals surface area contributed by atoms with Gasteiger partial charge in [0, 0.05) is 23.3 Å². The minimum Gasteiger partial charge on any atom is -0.497 e. The van der Waals surface area contributed by atoms with Crippen LogP contribution in [-0.4, -0.2) is 23.9 Å². The van der Waals surface area contributed by atoms with Crippen molar-refractivity contribution in [3.05, 3.63) is 87.5 Å². The zero-order chi connectivity index (χ0) is 22.0. The number of fused-ring (bicyclic) bond motifs is 1. The Morgan fingerprint density at radius 3 is 2.45 bits per heavy atom. The second-order valence-corrected chi connectivity index (χ2v) is 7.63. The molecule has 0 amide bonds. The van der Waals surface area contributed by atoms with Crippen molar-refractivity contribution in [1.29, 1.82) is 0 Å². The van der Waals surface area contributed by atoms with Crippen LogP contribution in [0.2, 0.25) is 0 Å².